The van der Waals surface area contributed by atoms with Crippen molar-refractivity contribution in [2.24, 2.45) is 0 Å². The number of nitrogens with zero attached hydrogens (tertiary/aromatic N) is 2. The van der Waals surface area contributed by atoms with Crippen LogP contribution in [0.2, 0.25) is 0 Å². The maximum atomic E-state index is 12.7. The van der Waals surface area contributed by atoms with E-state index in [4.69, 9.17) is 10.00 Å². The van der Waals surface area contributed by atoms with Crippen molar-refractivity contribution in [2.75, 3.05) is 13.2 Å². The van der Waals surface area contributed by atoms with Crippen LogP contribution in [-0.2, 0) is 10.3 Å². The van der Waals surface area contributed by atoms with Crippen LogP contribution in [0, 0.1) is 11.3 Å². The van der Waals surface area contributed by atoms with Gasteiger partial charge in [-0.05, 0) is 30.7 Å². The molecule has 2 aromatic rings. The van der Waals surface area contributed by atoms with Gasteiger partial charge in [0.1, 0.15) is 17.9 Å². The van der Waals surface area contributed by atoms with Crippen molar-refractivity contribution in [3.63, 3.8) is 0 Å². The molecular formula is C19H17N3O3. The summed E-state index contributed by atoms with van der Waals surface area (Å²) < 4.78 is 5.56. The molecule has 0 bridgehead atoms. The third kappa shape index (κ3) is 3.17. The number of benzene rings is 2. The van der Waals surface area contributed by atoms with Crippen LogP contribution in [0.25, 0.3) is 0 Å². The minimum absolute atomic E-state index is 0.129. The molecule has 1 fully saturated rings. The van der Waals surface area contributed by atoms with E-state index in [9.17, 15) is 9.59 Å². The molecule has 1 aliphatic rings. The standard InChI is InChI=1S/C19H17N3O3/c1-19(15-7-3-2-4-8-15)17(23)22(18(24)21-19)10-11-25-16-9-5-6-14(12-16)13-20/h2-9,12H,10-11H2,1H3,(H,21,24). The second-order valence-electron chi connectivity index (χ2n) is 5.87. The number of carbonyl (C=O) groups excluding carboxylic acids is 2. The number of hydrogen-bond donors (Lipinski definition) is 1. The van der Waals surface area contributed by atoms with Crippen molar-refractivity contribution < 1.29 is 14.3 Å². The molecule has 1 N–H and O–H groups in total. The smallest absolute Gasteiger partial charge is 0.325 e. The molecule has 126 valence electrons. The number of nitriles is 1. The molecule has 25 heavy (non-hydrogen) atoms. The average molecular weight is 335 g/mol. The van der Waals surface area contributed by atoms with Gasteiger partial charge in [0, 0.05) is 0 Å². The largest absolute Gasteiger partial charge is 0.492 e. The second-order valence-corrected chi connectivity index (χ2v) is 5.87. The Kier molecular flexibility index (Phi) is 4.40. The summed E-state index contributed by atoms with van der Waals surface area (Å²) in [5, 5.41) is 11.6. The molecule has 1 unspecified atom stereocenters. The predicted molar refractivity (Wildman–Crippen MR) is 90.7 cm³/mol. The van der Waals surface area contributed by atoms with Gasteiger partial charge in [0.15, 0.2) is 0 Å². The van der Waals surface area contributed by atoms with Gasteiger partial charge in [-0.2, -0.15) is 5.26 Å². The summed E-state index contributed by atoms with van der Waals surface area (Å²) in [6, 6.07) is 17.5. The summed E-state index contributed by atoms with van der Waals surface area (Å²) in [4.78, 5) is 26.1. The number of ether oxygens (including phenoxy) is 1. The van der Waals surface area contributed by atoms with Crippen LogP contribution >= 0.6 is 0 Å². The lowest BCUT2D eigenvalue weighted by Crippen LogP contribution is -2.41. The van der Waals surface area contributed by atoms with Gasteiger partial charge in [0.2, 0.25) is 0 Å². The van der Waals surface area contributed by atoms with Crippen LogP contribution in [0.1, 0.15) is 18.1 Å². The first-order chi connectivity index (χ1) is 12.0. The highest BCUT2D eigenvalue weighted by atomic mass is 16.5. The van der Waals surface area contributed by atoms with Gasteiger partial charge >= 0.3 is 6.03 Å². The molecule has 1 saturated heterocycles. The molecule has 3 amide bonds. The summed E-state index contributed by atoms with van der Waals surface area (Å²) in [7, 11) is 0. The number of amides is 3. The Morgan fingerprint density at radius 2 is 1.92 bits per heavy atom. The van der Waals surface area contributed by atoms with Gasteiger partial charge in [-0.3, -0.25) is 9.69 Å². The van der Waals surface area contributed by atoms with E-state index >= 15 is 0 Å². The molecule has 6 heteroatoms. The van der Waals surface area contributed by atoms with E-state index in [1.165, 1.54) is 0 Å². The molecule has 6 nitrogen and oxygen atoms in total. The summed E-state index contributed by atoms with van der Waals surface area (Å²) in [6.07, 6.45) is 0. The molecule has 1 atom stereocenters. The fourth-order valence-corrected chi connectivity index (χ4v) is 2.78. The van der Waals surface area contributed by atoms with Crippen LogP contribution in [0.4, 0.5) is 4.79 Å². The highest BCUT2D eigenvalue weighted by Gasteiger charge is 2.48. The monoisotopic (exact) mass is 335 g/mol. The summed E-state index contributed by atoms with van der Waals surface area (Å²) in [5.74, 6) is 0.218. The molecule has 0 radical (unpaired) electrons. The predicted octanol–water partition coefficient (Wildman–Crippen LogP) is 2.40. The Balaban J connectivity index is 1.66. The van der Waals surface area contributed by atoms with Crippen LogP contribution in [0.3, 0.4) is 0 Å². The van der Waals surface area contributed by atoms with E-state index in [-0.39, 0.29) is 19.1 Å². The zero-order valence-corrected chi connectivity index (χ0v) is 13.7. The molecule has 2 aromatic carbocycles. The van der Waals surface area contributed by atoms with Gasteiger partial charge in [0.05, 0.1) is 18.2 Å². The topological polar surface area (TPSA) is 82.4 Å². The molecule has 0 saturated carbocycles. The summed E-state index contributed by atoms with van der Waals surface area (Å²) in [6.45, 7) is 1.97. The first-order valence-corrected chi connectivity index (χ1v) is 7.87. The van der Waals surface area contributed by atoms with Crippen molar-refractivity contribution >= 4 is 11.9 Å². The number of nitrogens with one attached hydrogen (secondary N) is 1. The van der Waals surface area contributed by atoms with Crippen LogP contribution in [0.5, 0.6) is 5.75 Å². The normalized spacial score (nSPS) is 19.4. The second kappa shape index (κ2) is 6.65. The van der Waals surface area contributed by atoms with Gasteiger partial charge < -0.3 is 10.1 Å². The summed E-state index contributed by atoms with van der Waals surface area (Å²) >= 11 is 0. The maximum absolute atomic E-state index is 12.7. The number of imide groups is 1. The van der Waals surface area contributed by atoms with Crippen molar-refractivity contribution in [1.82, 2.24) is 10.2 Å². The van der Waals surface area contributed by atoms with Crippen LogP contribution in [0.15, 0.2) is 54.6 Å². The first kappa shape index (κ1) is 16.5. The van der Waals surface area contributed by atoms with Crippen molar-refractivity contribution in [2.45, 2.75) is 12.5 Å². The minimum Gasteiger partial charge on any atom is -0.492 e. The molecule has 3 rings (SSSR count). The molecule has 1 heterocycles. The fourth-order valence-electron chi connectivity index (χ4n) is 2.78. The first-order valence-electron chi connectivity index (χ1n) is 7.87. The zero-order chi connectivity index (χ0) is 17.9. The average Bonchev–Trinajstić information content (AvgIpc) is 2.86. The Hall–Kier alpha value is -3.33. The fraction of sp³-hybridized carbons (Fsp3) is 0.211. The molecular weight excluding hydrogens is 318 g/mol. The lowest BCUT2D eigenvalue weighted by atomic mass is 9.92. The van der Waals surface area contributed by atoms with Crippen molar-refractivity contribution in [3.05, 3.63) is 65.7 Å². The lowest BCUT2D eigenvalue weighted by Gasteiger charge is -2.22. The Morgan fingerprint density at radius 1 is 1.16 bits per heavy atom. The van der Waals surface area contributed by atoms with Gasteiger partial charge in [-0.1, -0.05) is 36.4 Å². The molecule has 0 aromatic heterocycles. The highest BCUT2D eigenvalue weighted by molar-refractivity contribution is 6.07. The zero-order valence-electron chi connectivity index (χ0n) is 13.7. The van der Waals surface area contributed by atoms with E-state index in [0.29, 0.717) is 11.3 Å². The third-order valence-corrected chi connectivity index (χ3v) is 4.17. The van der Waals surface area contributed by atoms with E-state index in [1.807, 2.05) is 36.4 Å². The quantitative estimate of drug-likeness (QED) is 0.851. The van der Waals surface area contributed by atoms with E-state index in [1.54, 1.807) is 31.2 Å². The Bertz CT molecular complexity index is 844. The maximum Gasteiger partial charge on any atom is 0.325 e. The minimum atomic E-state index is -1.07. The van der Waals surface area contributed by atoms with E-state index < -0.39 is 11.6 Å². The number of carbonyl (C=O) groups is 2. The van der Waals surface area contributed by atoms with Crippen LogP contribution < -0.4 is 10.1 Å². The number of rotatable bonds is 5. The van der Waals surface area contributed by atoms with Crippen molar-refractivity contribution in [3.8, 4) is 11.8 Å². The van der Waals surface area contributed by atoms with E-state index in [2.05, 4.69) is 5.32 Å². The van der Waals surface area contributed by atoms with Gasteiger partial charge in [0.25, 0.3) is 5.91 Å². The van der Waals surface area contributed by atoms with Gasteiger partial charge in [-0.15, -0.1) is 0 Å². The Labute approximate surface area is 145 Å². The molecule has 0 aliphatic carbocycles. The highest BCUT2D eigenvalue weighted by Crippen LogP contribution is 2.28. The summed E-state index contributed by atoms with van der Waals surface area (Å²) in [5.41, 5.74) is 0.154. The number of hydrogen-bond acceptors (Lipinski definition) is 4. The number of urea groups is 1. The van der Waals surface area contributed by atoms with Gasteiger partial charge in [-0.25, -0.2) is 4.79 Å². The lowest BCUT2D eigenvalue weighted by molar-refractivity contribution is -0.131. The molecule has 1 aliphatic heterocycles. The third-order valence-electron chi connectivity index (χ3n) is 4.17. The van der Waals surface area contributed by atoms with Crippen molar-refractivity contribution in [1.29, 1.82) is 5.26 Å². The van der Waals surface area contributed by atoms with Crippen LogP contribution in [-0.4, -0.2) is 30.0 Å². The molecule has 0 spiro atoms. The SMILES string of the molecule is CC1(c2ccccc2)NC(=O)N(CCOc2cccc(C#N)c2)C1=O. The van der Waals surface area contributed by atoms with E-state index in [0.717, 1.165) is 10.5 Å². The Morgan fingerprint density at radius 3 is 2.64 bits per heavy atom.